The molecule has 16 heavy (non-hydrogen) atoms. The Labute approximate surface area is 99.5 Å². The lowest BCUT2D eigenvalue weighted by Gasteiger charge is -2.26. The van der Waals surface area contributed by atoms with Crippen LogP contribution in [0.4, 0.5) is 0 Å². The van der Waals surface area contributed by atoms with Crippen LogP contribution in [-0.2, 0) is 10.8 Å². The van der Waals surface area contributed by atoms with Crippen molar-refractivity contribution in [2.45, 2.75) is 66.2 Å². The summed E-state index contributed by atoms with van der Waals surface area (Å²) >= 11 is 0. The molecule has 0 unspecified atom stereocenters. The second kappa shape index (κ2) is 3.83. The number of aromatic nitrogens is 2. The van der Waals surface area contributed by atoms with Crippen LogP contribution in [0.15, 0.2) is 0 Å². The summed E-state index contributed by atoms with van der Waals surface area (Å²) in [6, 6.07) is 0. The van der Waals surface area contributed by atoms with E-state index in [1.54, 1.807) is 0 Å². The Morgan fingerprint density at radius 2 is 1.06 bits per heavy atom. The first-order valence-corrected chi connectivity index (χ1v) is 5.89. The molecular formula is C14H24N2. The van der Waals surface area contributed by atoms with Crippen LogP contribution in [0.5, 0.6) is 0 Å². The minimum atomic E-state index is 0.0198. The van der Waals surface area contributed by atoms with Crippen molar-refractivity contribution >= 4 is 0 Å². The Kier molecular flexibility index (Phi) is 3.15. The Morgan fingerprint density at radius 1 is 0.688 bits per heavy atom. The van der Waals surface area contributed by atoms with Gasteiger partial charge in [0.15, 0.2) is 0 Å². The Bertz CT molecular complexity index is 369. The normalized spacial score (nSPS) is 13.0. The summed E-state index contributed by atoms with van der Waals surface area (Å²) in [6.07, 6.45) is 0. The van der Waals surface area contributed by atoms with E-state index in [4.69, 9.17) is 0 Å². The third-order valence-corrected chi connectivity index (χ3v) is 2.69. The van der Waals surface area contributed by atoms with Crippen LogP contribution in [0.25, 0.3) is 0 Å². The Balaban J connectivity index is 3.41. The second-order valence-corrected chi connectivity index (χ2v) is 6.59. The fraction of sp³-hybridized carbons (Fsp3) is 0.714. The zero-order valence-corrected chi connectivity index (χ0v) is 11.9. The van der Waals surface area contributed by atoms with E-state index in [0.29, 0.717) is 0 Å². The third-order valence-electron chi connectivity index (χ3n) is 2.69. The van der Waals surface area contributed by atoms with Crippen molar-refractivity contribution < 1.29 is 0 Å². The maximum atomic E-state index is 4.66. The van der Waals surface area contributed by atoms with E-state index in [0.717, 1.165) is 17.2 Å². The van der Waals surface area contributed by atoms with E-state index in [1.807, 2.05) is 0 Å². The van der Waals surface area contributed by atoms with Gasteiger partial charge in [-0.05, 0) is 24.8 Å². The molecule has 0 saturated heterocycles. The summed E-state index contributed by atoms with van der Waals surface area (Å²) in [5.74, 6) is 0.940. The molecule has 0 spiro atoms. The van der Waals surface area contributed by atoms with E-state index < -0.39 is 0 Å². The number of hydrogen-bond acceptors (Lipinski definition) is 2. The van der Waals surface area contributed by atoms with Crippen molar-refractivity contribution in [1.82, 2.24) is 9.97 Å². The van der Waals surface area contributed by atoms with Gasteiger partial charge in [0.25, 0.3) is 0 Å². The van der Waals surface area contributed by atoms with Crippen molar-refractivity contribution in [3.05, 3.63) is 22.8 Å². The summed E-state index contributed by atoms with van der Waals surface area (Å²) in [7, 11) is 0. The molecule has 0 bridgehead atoms. The molecule has 1 aromatic heterocycles. The molecule has 0 radical (unpaired) electrons. The molecule has 0 aromatic carbocycles. The van der Waals surface area contributed by atoms with E-state index >= 15 is 0 Å². The average molecular weight is 220 g/mol. The molecule has 0 saturated carbocycles. The SMILES string of the molecule is Cc1nc(C(C)(C)C)nc(C)c1C(C)(C)C. The Morgan fingerprint density at radius 3 is 1.31 bits per heavy atom. The Hall–Kier alpha value is -0.920. The number of rotatable bonds is 0. The first kappa shape index (κ1) is 13.1. The van der Waals surface area contributed by atoms with Gasteiger partial charge >= 0.3 is 0 Å². The standard InChI is InChI=1S/C14H24N2/c1-9-11(13(3,4)5)10(2)16-12(15-9)14(6,7)8/h1-8H3. The van der Waals surface area contributed by atoms with Crippen LogP contribution in [-0.4, -0.2) is 9.97 Å². The van der Waals surface area contributed by atoms with Crippen LogP contribution >= 0.6 is 0 Å². The molecule has 1 aromatic rings. The number of nitrogens with zero attached hydrogens (tertiary/aromatic N) is 2. The lowest BCUT2D eigenvalue weighted by atomic mass is 9.84. The first-order valence-electron chi connectivity index (χ1n) is 5.89. The molecule has 0 N–H and O–H groups in total. The fourth-order valence-electron chi connectivity index (χ4n) is 2.14. The van der Waals surface area contributed by atoms with Crippen LogP contribution in [0.1, 0.15) is 64.3 Å². The lowest BCUT2D eigenvalue weighted by Crippen LogP contribution is -2.23. The van der Waals surface area contributed by atoms with Gasteiger partial charge in [-0.25, -0.2) is 9.97 Å². The quantitative estimate of drug-likeness (QED) is 0.666. The predicted octanol–water partition coefficient (Wildman–Crippen LogP) is 3.69. The summed E-state index contributed by atoms with van der Waals surface area (Å²) in [6.45, 7) is 17.3. The van der Waals surface area contributed by atoms with Gasteiger partial charge in [-0.1, -0.05) is 41.5 Å². The van der Waals surface area contributed by atoms with Crippen molar-refractivity contribution in [1.29, 1.82) is 0 Å². The maximum absolute atomic E-state index is 4.66. The highest BCUT2D eigenvalue weighted by atomic mass is 14.9. The summed E-state index contributed by atoms with van der Waals surface area (Å²) in [4.78, 5) is 9.32. The molecule has 0 aliphatic carbocycles. The highest BCUT2D eigenvalue weighted by molar-refractivity contribution is 5.32. The van der Waals surface area contributed by atoms with E-state index in [9.17, 15) is 0 Å². The molecule has 1 rings (SSSR count). The molecular weight excluding hydrogens is 196 g/mol. The fourth-order valence-corrected chi connectivity index (χ4v) is 2.14. The monoisotopic (exact) mass is 220 g/mol. The van der Waals surface area contributed by atoms with E-state index in [2.05, 4.69) is 65.4 Å². The van der Waals surface area contributed by atoms with Crippen molar-refractivity contribution in [2.75, 3.05) is 0 Å². The molecule has 0 amide bonds. The minimum absolute atomic E-state index is 0.0198. The smallest absolute Gasteiger partial charge is 0.134 e. The third kappa shape index (κ3) is 2.60. The van der Waals surface area contributed by atoms with Crippen molar-refractivity contribution in [3.63, 3.8) is 0 Å². The molecule has 2 heteroatoms. The van der Waals surface area contributed by atoms with Gasteiger partial charge in [0.2, 0.25) is 0 Å². The second-order valence-electron chi connectivity index (χ2n) is 6.59. The minimum Gasteiger partial charge on any atom is -0.237 e. The molecule has 0 atom stereocenters. The first-order chi connectivity index (χ1) is 7.03. The lowest BCUT2D eigenvalue weighted by molar-refractivity contribution is 0.522. The van der Waals surface area contributed by atoms with Gasteiger partial charge in [0.1, 0.15) is 5.82 Å². The topological polar surface area (TPSA) is 25.8 Å². The highest BCUT2D eigenvalue weighted by Crippen LogP contribution is 2.29. The van der Waals surface area contributed by atoms with Crippen molar-refractivity contribution in [2.24, 2.45) is 0 Å². The number of aryl methyl sites for hydroxylation is 2. The van der Waals surface area contributed by atoms with Gasteiger partial charge in [0.05, 0.1) is 0 Å². The van der Waals surface area contributed by atoms with Gasteiger partial charge in [0, 0.05) is 16.8 Å². The van der Waals surface area contributed by atoms with Gasteiger partial charge in [-0.2, -0.15) is 0 Å². The number of hydrogen-bond donors (Lipinski definition) is 0. The van der Waals surface area contributed by atoms with E-state index in [1.165, 1.54) is 5.56 Å². The molecule has 0 fully saturated rings. The van der Waals surface area contributed by atoms with Crippen molar-refractivity contribution in [3.8, 4) is 0 Å². The molecule has 0 aliphatic rings. The maximum Gasteiger partial charge on any atom is 0.134 e. The largest absolute Gasteiger partial charge is 0.237 e. The molecule has 0 aliphatic heterocycles. The molecule has 2 nitrogen and oxygen atoms in total. The summed E-state index contributed by atoms with van der Waals surface area (Å²) < 4.78 is 0. The van der Waals surface area contributed by atoms with Crippen LogP contribution < -0.4 is 0 Å². The van der Waals surface area contributed by atoms with Crippen LogP contribution in [0.2, 0.25) is 0 Å². The highest BCUT2D eigenvalue weighted by Gasteiger charge is 2.24. The van der Waals surface area contributed by atoms with Gasteiger partial charge in [-0.15, -0.1) is 0 Å². The van der Waals surface area contributed by atoms with Crippen LogP contribution in [0.3, 0.4) is 0 Å². The molecule has 90 valence electrons. The molecule has 1 heterocycles. The average Bonchev–Trinajstić information content (AvgIpc) is 1.97. The van der Waals surface area contributed by atoms with Gasteiger partial charge in [-0.3, -0.25) is 0 Å². The van der Waals surface area contributed by atoms with E-state index in [-0.39, 0.29) is 10.8 Å². The zero-order valence-electron chi connectivity index (χ0n) is 11.9. The zero-order chi connectivity index (χ0) is 12.7. The summed E-state index contributed by atoms with van der Waals surface area (Å²) in [5, 5.41) is 0. The van der Waals surface area contributed by atoms with Crippen LogP contribution in [0, 0.1) is 13.8 Å². The predicted molar refractivity (Wildman–Crippen MR) is 68.9 cm³/mol. The summed E-state index contributed by atoms with van der Waals surface area (Å²) in [5.41, 5.74) is 3.65. The van der Waals surface area contributed by atoms with Gasteiger partial charge < -0.3 is 0 Å².